The van der Waals surface area contributed by atoms with E-state index in [9.17, 15) is 24.1 Å². The van der Waals surface area contributed by atoms with Crippen LogP contribution >= 0.6 is 11.8 Å². The maximum Gasteiger partial charge on any atom is 0.283 e. The average molecular weight is 377 g/mol. The van der Waals surface area contributed by atoms with Gasteiger partial charge in [-0.3, -0.25) is 19.7 Å². The predicted molar refractivity (Wildman–Crippen MR) is 96.9 cm³/mol. The van der Waals surface area contributed by atoms with Crippen LogP contribution in [-0.4, -0.2) is 41.5 Å². The first-order valence-corrected chi connectivity index (χ1v) is 8.67. The summed E-state index contributed by atoms with van der Waals surface area (Å²) in [5.74, 6) is -1.41. The van der Waals surface area contributed by atoms with E-state index in [1.807, 2.05) is 0 Å². The Bertz CT molecular complexity index is 842. The summed E-state index contributed by atoms with van der Waals surface area (Å²) >= 11 is 1.21. The second-order valence-corrected chi connectivity index (χ2v) is 6.21. The zero-order valence-electron chi connectivity index (χ0n) is 14.1. The molecule has 0 saturated carbocycles. The van der Waals surface area contributed by atoms with Crippen LogP contribution in [0.3, 0.4) is 0 Å². The fraction of sp³-hybridized carbons (Fsp3) is 0.176. The van der Waals surface area contributed by atoms with Crippen molar-refractivity contribution < 1.29 is 18.9 Å². The van der Waals surface area contributed by atoms with E-state index in [-0.39, 0.29) is 17.8 Å². The Kier molecular flexibility index (Phi) is 6.29. The fourth-order valence-corrected chi connectivity index (χ4v) is 2.75. The lowest BCUT2D eigenvalue weighted by molar-refractivity contribution is -0.387. The number of hydrogen-bond donors (Lipinski definition) is 1. The van der Waals surface area contributed by atoms with E-state index in [0.717, 1.165) is 4.90 Å². The highest BCUT2D eigenvalue weighted by Gasteiger charge is 2.20. The largest absolute Gasteiger partial charge is 0.332 e. The van der Waals surface area contributed by atoms with E-state index in [0.29, 0.717) is 10.6 Å². The Balaban J connectivity index is 2.07. The molecule has 0 aliphatic heterocycles. The molecule has 1 N–H and O–H groups in total. The highest BCUT2D eigenvalue weighted by atomic mass is 32.2. The van der Waals surface area contributed by atoms with Crippen LogP contribution in [0.2, 0.25) is 0 Å². The van der Waals surface area contributed by atoms with Gasteiger partial charge >= 0.3 is 0 Å². The van der Waals surface area contributed by atoms with E-state index < -0.39 is 22.6 Å². The summed E-state index contributed by atoms with van der Waals surface area (Å²) in [6.45, 7) is -0.256. The molecule has 7 nitrogen and oxygen atoms in total. The monoisotopic (exact) mass is 377 g/mol. The first kappa shape index (κ1) is 19.4. The van der Waals surface area contributed by atoms with Gasteiger partial charge in [0, 0.05) is 24.4 Å². The molecular weight excluding hydrogens is 361 g/mol. The second kappa shape index (κ2) is 8.43. The van der Waals surface area contributed by atoms with Crippen molar-refractivity contribution in [2.45, 2.75) is 4.90 Å². The van der Waals surface area contributed by atoms with Crippen LogP contribution in [0.1, 0.15) is 10.4 Å². The number of nitrogens with zero attached hydrogens (tertiary/aromatic N) is 2. The Hall–Kier alpha value is -2.94. The van der Waals surface area contributed by atoms with Gasteiger partial charge in [0.05, 0.1) is 16.4 Å². The average Bonchev–Trinajstić information content (AvgIpc) is 2.62. The number of carbonyl (C=O) groups excluding carboxylic acids is 2. The van der Waals surface area contributed by atoms with Crippen LogP contribution in [-0.2, 0) is 4.79 Å². The molecule has 0 radical (unpaired) electrons. The lowest BCUT2D eigenvalue weighted by atomic mass is 10.2. The zero-order chi connectivity index (χ0) is 19.3. The number of thioether (sulfide) groups is 1. The lowest BCUT2D eigenvalue weighted by Crippen LogP contribution is -2.35. The van der Waals surface area contributed by atoms with Crippen molar-refractivity contribution in [3.05, 3.63) is 64.0 Å². The topological polar surface area (TPSA) is 92.6 Å². The van der Waals surface area contributed by atoms with Crippen molar-refractivity contribution in [1.82, 2.24) is 4.90 Å². The molecule has 2 aromatic carbocycles. The highest BCUT2D eigenvalue weighted by molar-refractivity contribution is 7.98. The van der Waals surface area contributed by atoms with Gasteiger partial charge in [0.1, 0.15) is 5.82 Å². The third-order valence-electron chi connectivity index (χ3n) is 3.48. The van der Waals surface area contributed by atoms with Crippen LogP contribution in [0, 0.1) is 15.9 Å². The number of nitro benzene ring substituents is 1. The molecule has 0 fully saturated rings. The second-order valence-electron chi connectivity index (χ2n) is 5.36. The van der Waals surface area contributed by atoms with Crippen molar-refractivity contribution in [2.24, 2.45) is 0 Å². The molecule has 2 rings (SSSR count). The van der Waals surface area contributed by atoms with Crippen molar-refractivity contribution in [2.75, 3.05) is 25.2 Å². The van der Waals surface area contributed by atoms with Crippen molar-refractivity contribution >= 4 is 35.0 Å². The summed E-state index contributed by atoms with van der Waals surface area (Å²) < 4.78 is 12.9. The van der Waals surface area contributed by atoms with E-state index in [1.165, 1.54) is 61.3 Å². The summed E-state index contributed by atoms with van der Waals surface area (Å²) in [5, 5.41) is 13.6. The fourth-order valence-electron chi connectivity index (χ4n) is 2.21. The Morgan fingerprint density at radius 1 is 1.23 bits per heavy atom. The van der Waals surface area contributed by atoms with Crippen LogP contribution in [0.4, 0.5) is 15.8 Å². The quantitative estimate of drug-likeness (QED) is 0.474. The van der Waals surface area contributed by atoms with Crippen LogP contribution in [0.5, 0.6) is 0 Å². The summed E-state index contributed by atoms with van der Waals surface area (Å²) in [5.41, 5.74) is 0.358. The maximum absolute atomic E-state index is 12.9. The van der Waals surface area contributed by atoms with Crippen LogP contribution in [0.15, 0.2) is 47.4 Å². The lowest BCUT2D eigenvalue weighted by Gasteiger charge is -2.17. The summed E-state index contributed by atoms with van der Waals surface area (Å²) in [6.07, 6.45) is 1.70. The molecular formula is C17H16FN3O4S. The molecule has 136 valence electrons. The Labute approximate surface area is 153 Å². The van der Waals surface area contributed by atoms with E-state index in [2.05, 4.69) is 5.32 Å². The number of benzene rings is 2. The molecule has 2 aromatic rings. The minimum absolute atomic E-state index is 0.117. The van der Waals surface area contributed by atoms with Crippen molar-refractivity contribution in [3.8, 4) is 0 Å². The zero-order valence-corrected chi connectivity index (χ0v) is 14.9. The molecule has 0 bridgehead atoms. The van der Waals surface area contributed by atoms with Gasteiger partial charge in [-0.25, -0.2) is 4.39 Å². The molecule has 0 aliphatic carbocycles. The molecule has 2 amide bonds. The molecule has 0 spiro atoms. The third-order valence-corrected chi connectivity index (χ3v) is 4.26. The summed E-state index contributed by atoms with van der Waals surface area (Å²) in [6, 6.07) is 9.40. The number of rotatable bonds is 6. The maximum atomic E-state index is 12.9. The molecule has 0 aromatic heterocycles. The molecule has 26 heavy (non-hydrogen) atoms. The van der Waals surface area contributed by atoms with Gasteiger partial charge in [0.2, 0.25) is 5.91 Å². The van der Waals surface area contributed by atoms with Gasteiger partial charge in [-0.15, -0.1) is 11.8 Å². The minimum Gasteiger partial charge on any atom is -0.332 e. The standard InChI is InChI=1S/C17H16FN3O4S/c1-20(10-16(22)19-13-6-4-12(18)5-7-13)17(23)11-3-8-15(26-2)14(9-11)21(24)25/h3-9H,10H2,1-2H3,(H,19,22). The van der Waals surface area contributed by atoms with Crippen LogP contribution < -0.4 is 5.32 Å². The Morgan fingerprint density at radius 3 is 2.46 bits per heavy atom. The normalized spacial score (nSPS) is 10.3. The summed E-state index contributed by atoms with van der Waals surface area (Å²) in [4.78, 5) is 36.6. The summed E-state index contributed by atoms with van der Waals surface area (Å²) in [7, 11) is 1.42. The first-order valence-electron chi connectivity index (χ1n) is 7.45. The molecule has 0 atom stereocenters. The van der Waals surface area contributed by atoms with Gasteiger partial charge in [0.25, 0.3) is 11.6 Å². The molecule has 0 saturated heterocycles. The first-order chi connectivity index (χ1) is 12.3. The molecule has 9 heteroatoms. The van der Waals surface area contributed by atoms with Gasteiger partial charge < -0.3 is 10.2 Å². The van der Waals surface area contributed by atoms with Gasteiger partial charge in [-0.2, -0.15) is 0 Å². The van der Waals surface area contributed by atoms with Crippen molar-refractivity contribution in [3.63, 3.8) is 0 Å². The number of halogens is 1. The Morgan fingerprint density at radius 2 is 1.88 bits per heavy atom. The highest BCUT2D eigenvalue weighted by Crippen LogP contribution is 2.28. The number of anilines is 1. The third kappa shape index (κ3) is 4.79. The van der Waals surface area contributed by atoms with Gasteiger partial charge in [-0.05, 0) is 42.7 Å². The predicted octanol–water partition coefficient (Wildman–Crippen LogP) is 3.17. The smallest absolute Gasteiger partial charge is 0.283 e. The molecule has 0 heterocycles. The number of likely N-dealkylation sites (N-methyl/N-ethyl adjacent to an activating group) is 1. The van der Waals surface area contributed by atoms with E-state index in [1.54, 1.807) is 6.26 Å². The SMILES string of the molecule is CSc1ccc(C(=O)N(C)CC(=O)Nc2ccc(F)cc2)cc1[N+](=O)[O-]. The van der Waals surface area contributed by atoms with E-state index >= 15 is 0 Å². The number of amides is 2. The van der Waals surface area contributed by atoms with E-state index in [4.69, 9.17) is 0 Å². The number of nitro groups is 1. The molecule has 0 aliphatic rings. The van der Waals surface area contributed by atoms with Gasteiger partial charge in [0.15, 0.2) is 0 Å². The van der Waals surface area contributed by atoms with Gasteiger partial charge in [-0.1, -0.05) is 0 Å². The number of nitrogens with one attached hydrogen (secondary N) is 1. The minimum atomic E-state index is -0.552. The van der Waals surface area contributed by atoms with Crippen LogP contribution in [0.25, 0.3) is 0 Å². The number of hydrogen-bond acceptors (Lipinski definition) is 5. The molecule has 0 unspecified atom stereocenters. The van der Waals surface area contributed by atoms with Crippen molar-refractivity contribution in [1.29, 1.82) is 0 Å². The number of carbonyl (C=O) groups is 2.